The van der Waals surface area contributed by atoms with Crippen molar-refractivity contribution in [1.82, 2.24) is 0 Å². The predicted molar refractivity (Wildman–Crippen MR) is 85.3 cm³/mol. The zero-order valence-electron chi connectivity index (χ0n) is 13.2. The molecule has 21 heavy (non-hydrogen) atoms. The van der Waals surface area contributed by atoms with Crippen LogP contribution >= 0.6 is 0 Å². The van der Waals surface area contributed by atoms with Crippen molar-refractivity contribution in [2.24, 2.45) is 17.8 Å². The molecule has 2 heteroatoms. The maximum absolute atomic E-state index is 12.6. The number of rotatable bonds is 6. The molecule has 1 atom stereocenters. The van der Waals surface area contributed by atoms with Crippen molar-refractivity contribution in [1.29, 1.82) is 0 Å². The smallest absolute Gasteiger partial charge is 0.163 e. The largest absolute Gasteiger partial charge is 0.299 e. The maximum Gasteiger partial charge on any atom is 0.163 e. The fourth-order valence-corrected chi connectivity index (χ4v) is 3.41. The zero-order chi connectivity index (χ0) is 15.2. The highest BCUT2D eigenvalue weighted by molar-refractivity contribution is 5.99. The first kappa shape index (κ1) is 15.9. The Kier molecular flexibility index (Phi) is 5.72. The Bertz CT molecular complexity index is 470. The third-order valence-electron chi connectivity index (χ3n) is 4.65. The predicted octanol–water partition coefficient (Wildman–Crippen LogP) is 4.68. The SMILES string of the molecule is CC(C)C(=O)[C@@H](CC(=O)c1ccccc1)C1CCCCC1. The Morgan fingerprint density at radius 1 is 1.05 bits per heavy atom. The zero-order valence-corrected chi connectivity index (χ0v) is 13.2. The van der Waals surface area contributed by atoms with Gasteiger partial charge in [0.25, 0.3) is 0 Å². The van der Waals surface area contributed by atoms with E-state index in [2.05, 4.69) is 0 Å². The van der Waals surface area contributed by atoms with Crippen LogP contribution in [0.1, 0.15) is 62.7 Å². The minimum Gasteiger partial charge on any atom is -0.299 e. The van der Waals surface area contributed by atoms with Crippen molar-refractivity contribution >= 4 is 11.6 Å². The summed E-state index contributed by atoms with van der Waals surface area (Å²) in [6.45, 7) is 3.90. The summed E-state index contributed by atoms with van der Waals surface area (Å²) in [6.07, 6.45) is 6.26. The van der Waals surface area contributed by atoms with Gasteiger partial charge in [0.15, 0.2) is 5.78 Å². The molecule has 0 N–H and O–H groups in total. The Morgan fingerprint density at radius 3 is 2.24 bits per heavy atom. The van der Waals surface area contributed by atoms with Gasteiger partial charge in [0.1, 0.15) is 5.78 Å². The lowest BCUT2D eigenvalue weighted by Crippen LogP contribution is -2.31. The van der Waals surface area contributed by atoms with E-state index in [0.717, 1.165) is 18.4 Å². The number of ketones is 2. The van der Waals surface area contributed by atoms with Gasteiger partial charge in [-0.1, -0.05) is 63.4 Å². The van der Waals surface area contributed by atoms with Crippen LogP contribution in [0.3, 0.4) is 0 Å². The second-order valence-corrected chi connectivity index (χ2v) is 6.55. The second kappa shape index (κ2) is 7.53. The molecule has 1 aliphatic rings. The van der Waals surface area contributed by atoms with Gasteiger partial charge in [-0.2, -0.15) is 0 Å². The monoisotopic (exact) mass is 286 g/mol. The lowest BCUT2D eigenvalue weighted by atomic mass is 9.73. The number of hydrogen-bond donors (Lipinski definition) is 0. The van der Waals surface area contributed by atoms with E-state index in [0.29, 0.717) is 12.3 Å². The summed E-state index contributed by atoms with van der Waals surface area (Å²) in [5.41, 5.74) is 0.731. The van der Waals surface area contributed by atoms with E-state index in [-0.39, 0.29) is 23.4 Å². The first-order valence-electron chi connectivity index (χ1n) is 8.21. The quantitative estimate of drug-likeness (QED) is 0.711. The molecule has 1 aromatic rings. The van der Waals surface area contributed by atoms with Crippen LogP contribution in [0.4, 0.5) is 0 Å². The van der Waals surface area contributed by atoms with Crippen LogP contribution in [-0.4, -0.2) is 11.6 Å². The number of carbonyl (C=O) groups excluding carboxylic acids is 2. The molecule has 0 aromatic heterocycles. The van der Waals surface area contributed by atoms with Crippen LogP contribution in [0.2, 0.25) is 0 Å². The van der Waals surface area contributed by atoms with Gasteiger partial charge in [-0.25, -0.2) is 0 Å². The fourth-order valence-electron chi connectivity index (χ4n) is 3.41. The Hall–Kier alpha value is -1.44. The molecular weight excluding hydrogens is 260 g/mol. The minimum atomic E-state index is -0.0852. The molecule has 1 saturated carbocycles. The average Bonchev–Trinajstić information content (AvgIpc) is 2.53. The number of carbonyl (C=O) groups is 2. The molecule has 1 aromatic carbocycles. The summed E-state index contributed by atoms with van der Waals surface area (Å²) >= 11 is 0. The molecule has 1 aliphatic carbocycles. The van der Waals surface area contributed by atoms with E-state index in [1.807, 2.05) is 44.2 Å². The van der Waals surface area contributed by atoms with Crippen LogP contribution in [0, 0.1) is 17.8 Å². The highest BCUT2D eigenvalue weighted by Gasteiger charge is 2.32. The van der Waals surface area contributed by atoms with Crippen LogP contribution in [0.5, 0.6) is 0 Å². The van der Waals surface area contributed by atoms with Crippen molar-refractivity contribution in [3.63, 3.8) is 0 Å². The van der Waals surface area contributed by atoms with Gasteiger partial charge >= 0.3 is 0 Å². The van der Waals surface area contributed by atoms with Gasteiger partial charge in [-0.3, -0.25) is 9.59 Å². The Labute approximate surface area is 127 Å². The summed E-state index contributed by atoms with van der Waals surface area (Å²) < 4.78 is 0. The van der Waals surface area contributed by atoms with Gasteiger partial charge in [0, 0.05) is 23.8 Å². The van der Waals surface area contributed by atoms with Crippen LogP contribution < -0.4 is 0 Å². The molecule has 0 bridgehead atoms. The molecule has 114 valence electrons. The van der Waals surface area contributed by atoms with E-state index in [9.17, 15) is 9.59 Å². The topological polar surface area (TPSA) is 34.1 Å². The molecule has 2 rings (SSSR count). The number of benzene rings is 1. The highest BCUT2D eigenvalue weighted by Crippen LogP contribution is 2.34. The maximum atomic E-state index is 12.6. The van der Waals surface area contributed by atoms with E-state index < -0.39 is 0 Å². The standard InChI is InChI=1S/C19H26O2/c1-14(2)19(21)17(15-9-5-3-6-10-15)13-18(20)16-11-7-4-8-12-16/h4,7-8,11-12,14-15,17H,3,5-6,9-10,13H2,1-2H3/t17-/m0/s1. The van der Waals surface area contributed by atoms with Crippen LogP contribution in [-0.2, 0) is 4.79 Å². The molecule has 0 amide bonds. The van der Waals surface area contributed by atoms with Crippen LogP contribution in [0.25, 0.3) is 0 Å². The second-order valence-electron chi connectivity index (χ2n) is 6.55. The van der Waals surface area contributed by atoms with Crippen LogP contribution in [0.15, 0.2) is 30.3 Å². The number of Topliss-reactive ketones (excluding diaryl/α,β-unsaturated/α-hetero) is 2. The molecule has 0 unspecified atom stereocenters. The molecule has 0 heterocycles. The lowest BCUT2D eigenvalue weighted by molar-refractivity contribution is -0.127. The normalized spacial score (nSPS) is 17.7. The Morgan fingerprint density at radius 2 is 1.67 bits per heavy atom. The lowest BCUT2D eigenvalue weighted by Gasteiger charge is -2.30. The summed E-state index contributed by atoms with van der Waals surface area (Å²) in [5, 5.41) is 0. The molecule has 1 fully saturated rings. The van der Waals surface area contributed by atoms with Crippen molar-refractivity contribution < 1.29 is 9.59 Å². The Balaban J connectivity index is 2.11. The molecule has 0 saturated heterocycles. The molecular formula is C19H26O2. The summed E-state index contributed by atoms with van der Waals surface area (Å²) in [4.78, 5) is 25.0. The van der Waals surface area contributed by atoms with Gasteiger partial charge in [-0.05, 0) is 18.8 Å². The van der Waals surface area contributed by atoms with Crippen molar-refractivity contribution in [3.05, 3.63) is 35.9 Å². The number of hydrogen-bond acceptors (Lipinski definition) is 2. The van der Waals surface area contributed by atoms with Crippen molar-refractivity contribution in [2.75, 3.05) is 0 Å². The van der Waals surface area contributed by atoms with Crippen molar-refractivity contribution in [2.45, 2.75) is 52.4 Å². The summed E-state index contributed by atoms with van der Waals surface area (Å²) in [7, 11) is 0. The third-order valence-corrected chi connectivity index (χ3v) is 4.65. The van der Waals surface area contributed by atoms with Gasteiger partial charge in [0.05, 0.1) is 0 Å². The highest BCUT2D eigenvalue weighted by atomic mass is 16.1. The molecule has 0 spiro atoms. The fraction of sp³-hybridized carbons (Fsp3) is 0.579. The van der Waals surface area contributed by atoms with E-state index >= 15 is 0 Å². The average molecular weight is 286 g/mol. The minimum absolute atomic E-state index is 0.0144. The summed E-state index contributed by atoms with van der Waals surface area (Å²) in [6, 6.07) is 9.37. The molecule has 2 nitrogen and oxygen atoms in total. The van der Waals surface area contributed by atoms with E-state index in [1.165, 1.54) is 19.3 Å². The van der Waals surface area contributed by atoms with Gasteiger partial charge in [-0.15, -0.1) is 0 Å². The van der Waals surface area contributed by atoms with Gasteiger partial charge in [0.2, 0.25) is 0 Å². The first-order chi connectivity index (χ1) is 10.1. The first-order valence-corrected chi connectivity index (χ1v) is 8.21. The molecule has 0 aliphatic heterocycles. The summed E-state index contributed by atoms with van der Waals surface area (Å²) in [5.74, 6) is 0.714. The molecule has 0 radical (unpaired) electrons. The van der Waals surface area contributed by atoms with E-state index in [1.54, 1.807) is 0 Å². The van der Waals surface area contributed by atoms with Crippen molar-refractivity contribution in [3.8, 4) is 0 Å². The third kappa shape index (κ3) is 4.26. The van der Waals surface area contributed by atoms with Gasteiger partial charge < -0.3 is 0 Å². The van der Waals surface area contributed by atoms with E-state index in [4.69, 9.17) is 0 Å².